The highest BCUT2D eigenvalue weighted by Crippen LogP contribution is 2.23. The average molecular weight is 224 g/mol. The Bertz CT molecular complexity index is 342. The molecule has 1 N–H and O–H groups in total. The number of nitrogens with zero attached hydrogens (tertiary/aromatic N) is 1. The molecule has 1 rings (SSSR count). The zero-order chi connectivity index (χ0) is 12.1. The Kier molecular flexibility index (Phi) is 4.55. The topological polar surface area (TPSA) is 43.4 Å². The van der Waals surface area contributed by atoms with Crippen LogP contribution in [0.5, 0.6) is 5.88 Å². The van der Waals surface area contributed by atoms with Crippen LogP contribution in [0.2, 0.25) is 0 Å². The second kappa shape index (κ2) is 5.70. The van der Waals surface area contributed by atoms with E-state index in [0.717, 1.165) is 11.3 Å². The molecule has 0 aliphatic rings. The van der Waals surface area contributed by atoms with Crippen LogP contribution < -0.4 is 10.1 Å². The Morgan fingerprint density at radius 1 is 1.31 bits per heavy atom. The van der Waals surface area contributed by atoms with Gasteiger partial charge >= 0.3 is 0 Å². The Balaban J connectivity index is 2.82. The molecule has 0 bridgehead atoms. The van der Waals surface area contributed by atoms with Gasteiger partial charge < -0.3 is 14.8 Å². The summed E-state index contributed by atoms with van der Waals surface area (Å²) in [4.78, 5) is 4.21. The van der Waals surface area contributed by atoms with E-state index in [1.807, 2.05) is 19.9 Å². The molecule has 16 heavy (non-hydrogen) atoms. The van der Waals surface area contributed by atoms with Gasteiger partial charge in [-0.25, -0.2) is 4.98 Å². The molecule has 4 nitrogen and oxygen atoms in total. The minimum absolute atomic E-state index is 0.130. The van der Waals surface area contributed by atoms with Crippen molar-refractivity contribution in [1.29, 1.82) is 0 Å². The normalized spacial score (nSPS) is 14.3. The largest absolute Gasteiger partial charge is 0.480 e. The molecular weight excluding hydrogens is 204 g/mol. The van der Waals surface area contributed by atoms with Crippen LogP contribution in [-0.2, 0) is 4.74 Å². The van der Waals surface area contributed by atoms with Crippen molar-refractivity contribution < 1.29 is 9.47 Å². The predicted octanol–water partition coefficient (Wildman–Crippen LogP) is 2.23. The van der Waals surface area contributed by atoms with Gasteiger partial charge in [0.1, 0.15) is 0 Å². The monoisotopic (exact) mass is 224 g/mol. The van der Waals surface area contributed by atoms with Crippen molar-refractivity contribution in [2.24, 2.45) is 0 Å². The molecule has 0 aliphatic carbocycles. The quantitative estimate of drug-likeness (QED) is 0.833. The summed E-state index contributed by atoms with van der Waals surface area (Å²) >= 11 is 0. The van der Waals surface area contributed by atoms with Crippen molar-refractivity contribution in [3.63, 3.8) is 0 Å². The lowest BCUT2D eigenvalue weighted by Gasteiger charge is -2.22. The molecule has 2 unspecified atom stereocenters. The Labute approximate surface area is 97.0 Å². The molecule has 0 aromatic carbocycles. The number of aryl methyl sites for hydroxylation is 1. The van der Waals surface area contributed by atoms with Crippen LogP contribution in [0.4, 0.5) is 5.69 Å². The zero-order valence-corrected chi connectivity index (χ0v) is 10.6. The smallest absolute Gasteiger partial charge is 0.237 e. The summed E-state index contributed by atoms with van der Waals surface area (Å²) < 4.78 is 10.5. The van der Waals surface area contributed by atoms with Crippen LogP contribution in [-0.4, -0.2) is 31.3 Å². The van der Waals surface area contributed by atoms with Gasteiger partial charge in [-0.15, -0.1) is 0 Å². The number of pyridine rings is 1. The van der Waals surface area contributed by atoms with E-state index in [4.69, 9.17) is 9.47 Å². The fraction of sp³-hybridized carbons (Fsp3) is 0.583. The second-order valence-electron chi connectivity index (χ2n) is 3.94. The zero-order valence-electron chi connectivity index (χ0n) is 10.6. The van der Waals surface area contributed by atoms with Gasteiger partial charge in [0.2, 0.25) is 5.88 Å². The Hall–Kier alpha value is -1.29. The first-order valence-corrected chi connectivity index (χ1v) is 5.38. The lowest BCUT2D eigenvalue weighted by atomic mass is 10.2. The van der Waals surface area contributed by atoms with Crippen molar-refractivity contribution in [3.8, 4) is 5.88 Å². The first-order valence-electron chi connectivity index (χ1n) is 5.38. The number of anilines is 1. The van der Waals surface area contributed by atoms with Gasteiger partial charge in [-0.2, -0.15) is 0 Å². The van der Waals surface area contributed by atoms with Gasteiger partial charge in [0.05, 0.1) is 18.9 Å². The van der Waals surface area contributed by atoms with Gasteiger partial charge in [0.25, 0.3) is 0 Å². The Morgan fingerprint density at radius 3 is 2.56 bits per heavy atom. The van der Waals surface area contributed by atoms with E-state index < -0.39 is 0 Å². The van der Waals surface area contributed by atoms with E-state index in [1.54, 1.807) is 20.4 Å². The van der Waals surface area contributed by atoms with Gasteiger partial charge in [0.15, 0.2) is 0 Å². The SMILES string of the molecule is COc1ncc(C)cc1NC(C)C(C)OC. The number of hydrogen-bond acceptors (Lipinski definition) is 4. The van der Waals surface area contributed by atoms with Crippen LogP contribution in [0, 0.1) is 6.92 Å². The highest BCUT2D eigenvalue weighted by atomic mass is 16.5. The first kappa shape index (κ1) is 12.8. The van der Waals surface area contributed by atoms with Gasteiger partial charge in [-0.05, 0) is 32.4 Å². The highest BCUT2D eigenvalue weighted by molar-refractivity contribution is 5.54. The number of hydrogen-bond donors (Lipinski definition) is 1. The van der Waals surface area contributed by atoms with E-state index >= 15 is 0 Å². The summed E-state index contributed by atoms with van der Waals surface area (Å²) in [5.41, 5.74) is 2.00. The van der Waals surface area contributed by atoms with Crippen molar-refractivity contribution in [2.45, 2.75) is 32.9 Å². The number of nitrogens with one attached hydrogen (secondary N) is 1. The van der Waals surface area contributed by atoms with Crippen LogP contribution in [0.15, 0.2) is 12.3 Å². The fourth-order valence-corrected chi connectivity index (χ4v) is 1.39. The minimum atomic E-state index is 0.130. The van der Waals surface area contributed by atoms with Crippen LogP contribution in [0.3, 0.4) is 0 Å². The summed E-state index contributed by atoms with van der Waals surface area (Å²) in [6.45, 7) is 6.09. The Morgan fingerprint density at radius 2 is 2.00 bits per heavy atom. The molecule has 0 amide bonds. The van der Waals surface area contributed by atoms with Crippen LogP contribution >= 0.6 is 0 Å². The summed E-state index contributed by atoms with van der Waals surface area (Å²) in [6, 6.07) is 2.22. The lowest BCUT2D eigenvalue weighted by Crippen LogP contribution is -2.29. The maximum atomic E-state index is 5.26. The van der Waals surface area contributed by atoms with Gasteiger partial charge in [0, 0.05) is 19.3 Å². The molecule has 0 saturated heterocycles. The van der Waals surface area contributed by atoms with Gasteiger partial charge in [-0.1, -0.05) is 0 Å². The average Bonchev–Trinajstić information content (AvgIpc) is 2.28. The van der Waals surface area contributed by atoms with Crippen molar-refractivity contribution >= 4 is 5.69 Å². The number of aromatic nitrogens is 1. The summed E-state index contributed by atoms with van der Waals surface area (Å²) in [5, 5.41) is 3.34. The maximum Gasteiger partial charge on any atom is 0.237 e. The number of ether oxygens (including phenoxy) is 2. The van der Waals surface area contributed by atoms with Crippen molar-refractivity contribution in [3.05, 3.63) is 17.8 Å². The third kappa shape index (κ3) is 3.10. The van der Waals surface area contributed by atoms with E-state index in [2.05, 4.69) is 17.2 Å². The molecule has 1 heterocycles. The van der Waals surface area contributed by atoms with E-state index in [0.29, 0.717) is 5.88 Å². The highest BCUT2D eigenvalue weighted by Gasteiger charge is 2.13. The molecule has 90 valence electrons. The molecule has 0 spiro atoms. The van der Waals surface area contributed by atoms with Crippen molar-refractivity contribution in [2.75, 3.05) is 19.5 Å². The molecule has 1 aromatic heterocycles. The molecule has 0 saturated carbocycles. The summed E-state index contributed by atoms with van der Waals surface area (Å²) in [7, 11) is 3.32. The molecule has 4 heteroatoms. The van der Waals surface area contributed by atoms with E-state index in [1.165, 1.54) is 0 Å². The van der Waals surface area contributed by atoms with E-state index in [-0.39, 0.29) is 12.1 Å². The molecule has 0 fully saturated rings. The minimum Gasteiger partial charge on any atom is -0.480 e. The standard InChI is InChI=1S/C12H20N2O2/c1-8-6-11(12(16-5)13-7-8)14-9(2)10(3)15-4/h6-7,9-10,14H,1-5H3. The summed E-state index contributed by atoms with van der Waals surface area (Å²) in [5.74, 6) is 0.612. The van der Waals surface area contributed by atoms with Crippen LogP contribution in [0.1, 0.15) is 19.4 Å². The molecule has 2 atom stereocenters. The molecule has 0 radical (unpaired) electrons. The number of rotatable bonds is 5. The first-order chi connectivity index (χ1) is 7.58. The van der Waals surface area contributed by atoms with E-state index in [9.17, 15) is 0 Å². The third-order valence-corrected chi connectivity index (χ3v) is 2.64. The van der Waals surface area contributed by atoms with Crippen LogP contribution in [0.25, 0.3) is 0 Å². The molecule has 1 aromatic rings. The third-order valence-electron chi connectivity index (χ3n) is 2.64. The predicted molar refractivity (Wildman–Crippen MR) is 65.1 cm³/mol. The summed E-state index contributed by atoms with van der Waals surface area (Å²) in [6.07, 6.45) is 1.92. The second-order valence-corrected chi connectivity index (χ2v) is 3.94. The lowest BCUT2D eigenvalue weighted by molar-refractivity contribution is 0.106. The molecule has 0 aliphatic heterocycles. The van der Waals surface area contributed by atoms with Crippen molar-refractivity contribution in [1.82, 2.24) is 4.98 Å². The molecular formula is C12H20N2O2. The van der Waals surface area contributed by atoms with Gasteiger partial charge in [-0.3, -0.25) is 0 Å². The fourth-order valence-electron chi connectivity index (χ4n) is 1.39. The number of methoxy groups -OCH3 is 2. The maximum absolute atomic E-state index is 5.26.